The molecule has 1 N–H and O–H groups in total. The van der Waals surface area contributed by atoms with Gasteiger partial charge in [-0.05, 0) is 12.8 Å². The Balaban J connectivity index is 2.00. The lowest BCUT2D eigenvalue weighted by molar-refractivity contribution is 0.0156. The van der Waals surface area contributed by atoms with Gasteiger partial charge >= 0.3 is 0 Å². The van der Waals surface area contributed by atoms with E-state index in [4.69, 9.17) is 0 Å². The smallest absolute Gasteiger partial charge is 0.256 e. The van der Waals surface area contributed by atoms with Gasteiger partial charge in [0.25, 0.3) is 5.91 Å². The molecule has 1 heterocycles. The SMILES string of the molecule is CN(CC1(O)CCCC1)C(=O)c1cncnc1. The summed E-state index contributed by atoms with van der Waals surface area (Å²) >= 11 is 0. The maximum atomic E-state index is 12.0. The number of rotatable bonds is 3. The van der Waals surface area contributed by atoms with Gasteiger partial charge in [-0.25, -0.2) is 9.97 Å². The van der Waals surface area contributed by atoms with Crippen LogP contribution in [-0.4, -0.2) is 45.1 Å². The van der Waals surface area contributed by atoms with Crippen molar-refractivity contribution in [3.63, 3.8) is 0 Å². The second-order valence-corrected chi connectivity index (χ2v) is 4.72. The summed E-state index contributed by atoms with van der Waals surface area (Å²) in [5.74, 6) is -0.147. The molecule has 0 radical (unpaired) electrons. The van der Waals surface area contributed by atoms with Crippen molar-refractivity contribution in [2.75, 3.05) is 13.6 Å². The zero-order chi connectivity index (χ0) is 12.3. The maximum Gasteiger partial charge on any atom is 0.256 e. The predicted molar refractivity (Wildman–Crippen MR) is 62.4 cm³/mol. The molecular formula is C12H17N3O2. The fourth-order valence-electron chi connectivity index (χ4n) is 2.33. The molecule has 5 heteroatoms. The number of carbonyl (C=O) groups is 1. The summed E-state index contributed by atoms with van der Waals surface area (Å²) < 4.78 is 0. The molecule has 1 aromatic heterocycles. The van der Waals surface area contributed by atoms with Gasteiger partial charge in [0, 0.05) is 26.0 Å². The summed E-state index contributed by atoms with van der Waals surface area (Å²) in [5.41, 5.74) is -0.253. The van der Waals surface area contributed by atoms with Crippen LogP contribution >= 0.6 is 0 Å². The quantitative estimate of drug-likeness (QED) is 0.843. The number of hydrogen-bond donors (Lipinski definition) is 1. The fraction of sp³-hybridized carbons (Fsp3) is 0.583. The van der Waals surface area contributed by atoms with Gasteiger partial charge < -0.3 is 10.0 Å². The Morgan fingerprint density at radius 1 is 1.41 bits per heavy atom. The van der Waals surface area contributed by atoms with Crippen molar-refractivity contribution in [2.24, 2.45) is 0 Å². The minimum absolute atomic E-state index is 0.147. The minimum Gasteiger partial charge on any atom is -0.388 e. The first-order valence-corrected chi connectivity index (χ1v) is 5.84. The lowest BCUT2D eigenvalue weighted by Gasteiger charge is -2.28. The van der Waals surface area contributed by atoms with Gasteiger partial charge in [-0.1, -0.05) is 12.8 Å². The third kappa shape index (κ3) is 2.79. The molecule has 17 heavy (non-hydrogen) atoms. The number of nitrogens with zero attached hydrogens (tertiary/aromatic N) is 3. The molecule has 1 saturated carbocycles. The molecule has 1 fully saturated rings. The lowest BCUT2D eigenvalue weighted by atomic mass is 10.0. The van der Waals surface area contributed by atoms with Crippen LogP contribution in [0.15, 0.2) is 18.7 Å². The second kappa shape index (κ2) is 4.79. The van der Waals surface area contributed by atoms with Crippen LogP contribution in [0, 0.1) is 0 Å². The first-order chi connectivity index (χ1) is 8.11. The molecule has 2 rings (SSSR count). The van der Waals surface area contributed by atoms with E-state index in [0.717, 1.165) is 25.7 Å². The van der Waals surface area contributed by atoms with E-state index < -0.39 is 5.60 Å². The van der Waals surface area contributed by atoms with Crippen molar-refractivity contribution in [2.45, 2.75) is 31.3 Å². The van der Waals surface area contributed by atoms with Crippen molar-refractivity contribution >= 4 is 5.91 Å². The highest BCUT2D eigenvalue weighted by atomic mass is 16.3. The van der Waals surface area contributed by atoms with Crippen LogP contribution in [0.1, 0.15) is 36.0 Å². The molecule has 0 atom stereocenters. The number of hydrogen-bond acceptors (Lipinski definition) is 4. The van der Waals surface area contributed by atoms with Crippen LogP contribution < -0.4 is 0 Å². The topological polar surface area (TPSA) is 66.3 Å². The summed E-state index contributed by atoms with van der Waals surface area (Å²) in [6, 6.07) is 0. The van der Waals surface area contributed by atoms with E-state index in [-0.39, 0.29) is 5.91 Å². The first kappa shape index (κ1) is 12.0. The Labute approximate surface area is 100 Å². The summed E-state index contributed by atoms with van der Waals surface area (Å²) in [6.07, 6.45) is 7.99. The Hall–Kier alpha value is -1.49. The molecule has 0 aliphatic heterocycles. The fourth-order valence-corrected chi connectivity index (χ4v) is 2.33. The van der Waals surface area contributed by atoms with Gasteiger partial charge in [0.1, 0.15) is 6.33 Å². The number of likely N-dealkylation sites (N-methyl/N-ethyl adjacent to an activating group) is 1. The van der Waals surface area contributed by atoms with Gasteiger partial charge in [0.05, 0.1) is 11.2 Å². The van der Waals surface area contributed by atoms with E-state index >= 15 is 0 Å². The molecule has 5 nitrogen and oxygen atoms in total. The summed E-state index contributed by atoms with van der Waals surface area (Å²) in [5, 5.41) is 10.2. The Bertz CT molecular complexity index is 388. The van der Waals surface area contributed by atoms with Crippen LogP contribution in [0.25, 0.3) is 0 Å². The van der Waals surface area contributed by atoms with E-state index in [2.05, 4.69) is 9.97 Å². The Morgan fingerprint density at radius 3 is 2.59 bits per heavy atom. The first-order valence-electron chi connectivity index (χ1n) is 5.84. The van der Waals surface area contributed by atoms with Crippen LogP contribution in [0.5, 0.6) is 0 Å². The summed E-state index contributed by atoms with van der Waals surface area (Å²) in [7, 11) is 1.70. The monoisotopic (exact) mass is 235 g/mol. The highest BCUT2D eigenvalue weighted by Gasteiger charge is 2.33. The average Bonchev–Trinajstić information content (AvgIpc) is 2.76. The van der Waals surface area contributed by atoms with Gasteiger partial charge in [-0.15, -0.1) is 0 Å². The van der Waals surface area contributed by atoms with Crippen LogP contribution in [0.3, 0.4) is 0 Å². The third-order valence-corrected chi connectivity index (χ3v) is 3.22. The molecule has 92 valence electrons. The molecule has 0 bridgehead atoms. The van der Waals surface area contributed by atoms with Gasteiger partial charge in [-0.3, -0.25) is 4.79 Å². The Morgan fingerprint density at radius 2 is 2.00 bits per heavy atom. The number of aliphatic hydroxyl groups is 1. The van der Waals surface area contributed by atoms with E-state index in [1.165, 1.54) is 18.7 Å². The molecule has 1 aliphatic carbocycles. The van der Waals surface area contributed by atoms with E-state index in [0.29, 0.717) is 12.1 Å². The average molecular weight is 235 g/mol. The van der Waals surface area contributed by atoms with Crippen LogP contribution in [0.2, 0.25) is 0 Å². The standard InChI is InChI=1S/C12H17N3O2/c1-15(8-12(17)4-2-3-5-12)11(16)10-6-13-9-14-7-10/h6-7,9,17H,2-5,8H2,1H3. The zero-order valence-corrected chi connectivity index (χ0v) is 9.96. The molecule has 1 aromatic rings. The van der Waals surface area contributed by atoms with E-state index in [9.17, 15) is 9.90 Å². The van der Waals surface area contributed by atoms with Crippen molar-refractivity contribution < 1.29 is 9.90 Å². The number of amides is 1. The highest BCUT2D eigenvalue weighted by Crippen LogP contribution is 2.30. The summed E-state index contributed by atoms with van der Waals surface area (Å²) in [6.45, 7) is 0.376. The predicted octanol–water partition coefficient (Wildman–Crippen LogP) is 0.854. The Kier molecular flexibility index (Phi) is 3.38. The third-order valence-electron chi connectivity index (χ3n) is 3.22. The molecule has 1 aliphatic rings. The molecule has 1 amide bonds. The van der Waals surface area contributed by atoms with Gasteiger partial charge in [0.15, 0.2) is 0 Å². The molecular weight excluding hydrogens is 218 g/mol. The highest BCUT2D eigenvalue weighted by molar-refractivity contribution is 5.93. The van der Waals surface area contributed by atoms with Crippen molar-refractivity contribution in [1.82, 2.24) is 14.9 Å². The van der Waals surface area contributed by atoms with Crippen LogP contribution in [-0.2, 0) is 0 Å². The molecule has 0 saturated heterocycles. The maximum absolute atomic E-state index is 12.0. The molecule has 0 unspecified atom stereocenters. The van der Waals surface area contributed by atoms with E-state index in [1.807, 2.05) is 0 Å². The number of carbonyl (C=O) groups excluding carboxylic acids is 1. The van der Waals surface area contributed by atoms with Crippen molar-refractivity contribution in [3.05, 3.63) is 24.3 Å². The molecule has 0 aromatic carbocycles. The largest absolute Gasteiger partial charge is 0.388 e. The molecule has 0 spiro atoms. The minimum atomic E-state index is -0.708. The summed E-state index contributed by atoms with van der Waals surface area (Å²) in [4.78, 5) is 21.2. The van der Waals surface area contributed by atoms with E-state index in [1.54, 1.807) is 11.9 Å². The normalized spacial score (nSPS) is 18.0. The van der Waals surface area contributed by atoms with Crippen molar-refractivity contribution in [3.8, 4) is 0 Å². The number of aromatic nitrogens is 2. The second-order valence-electron chi connectivity index (χ2n) is 4.72. The van der Waals surface area contributed by atoms with Crippen LogP contribution in [0.4, 0.5) is 0 Å². The zero-order valence-electron chi connectivity index (χ0n) is 9.96. The van der Waals surface area contributed by atoms with Gasteiger partial charge in [-0.2, -0.15) is 0 Å². The lowest BCUT2D eigenvalue weighted by Crippen LogP contribution is -2.42. The van der Waals surface area contributed by atoms with Crippen molar-refractivity contribution in [1.29, 1.82) is 0 Å². The van der Waals surface area contributed by atoms with Gasteiger partial charge in [0.2, 0.25) is 0 Å².